The molecule has 0 aromatic heterocycles. The zero-order valence-electron chi connectivity index (χ0n) is 12.9. The van der Waals surface area contributed by atoms with Crippen LogP contribution in [0.3, 0.4) is 0 Å². The van der Waals surface area contributed by atoms with Crippen LogP contribution in [0.4, 0.5) is 11.4 Å². The maximum atomic E-state index is 12.3. The van der Waals surface area contributed by atoms with Crippen LogP contribution < -0.4 is 15.5 Å². The van der Waals surface area contributed by atoms with Crippen molar-refractivity contribution >= 4 is 35.0 Å². The maximum Gasteiger partial charge on any atom is 0.247 e. The van der Waals surface area contributed by atoms with E-state index < -0.39 is 6.04 Å². The fourth-order valence-corrected chi connectivity index (χ4v) is 3.59. The fraction of sp³-hybridized carbons (Fsp3) is 0.500. The second kappa shape index (κ2) is 7.70. The van der Waals surface area contributed by atoms with Crippen molar-refractivity contribution in [3.8, 4) is 0 Å². The van der Waals surface area contributed by atoms with Gasteiger partial charge in [0.2, 0.25) is 11.8 Å². The molecule has 0 radical (unpaired) electrons. The van der Waals surface area contributed by atoms with Crippen molar-refractivity contribution in [2.75, 3.05) is 48.0 Å². The quantitative estimate of drug-likeness (QED) is 0.865. The smallest absolute Gasteiger partial charge is 0.247 e. The Kier molecular flexibility index (Phi) is 5.40. The lowest BCUT2D eigenvalue weighted by atomic mass is 10.2. The summed E-state index contributed by atoms with van der Waals surface area (Å²) in [6, 6.07) is 7.33. The predicted molar refractivity (Wildman–Crippen MR) is 92.0 cm³/mol. The molecule has 7 heteroatoms. The summed E-state index contributed by atoms with van der Waals surface area (Å²) < 4.78 is 5.35. The highest BCUT2D eigenvalue weighted by Gasteiger charge is 2.23. The Labute approximate surface area is 139 Å². The summed E-state index contributed by atoms with van der Waals surface area (Å²) in [4.78, 5) is 26.1. The summed E-state index contributed by atoms with van der Waals surface area (Å²) in [5, 5.41) is 5.65. The molecule has 23 heavy (non-hydrogen) atoms. The van der Waals surface area contributed by atoms with E-state index in [0.717, 1.165) is 43.4 Å². The predicted octanol–water partition coefficient (Wildman–Crippen LogP) is 1.08. The largest absolute Gasteiger partial charge is 0.378 e. The minimum atomic E-state index is -0.464. The average Bonchev–Trinajstić information content (AvgIpc) is 2.81. The van der Waals surface area contributed by atoms with Gasteiger partial charge in [0.15, 0.2) is 0 Å². The van der Waals surface area contributed by atoms with E-state index in [9.17, 15) is 9.59 Å². The number of morpholine rings is 1. The van der Waals surface area contributed by atoms with Crippen LogP contribution in [0.15, 0.2) is 24.3 Å². The van der Waals surface area contributed by atoms with Crippen molar-refractivity contribution in [1.82, 2.24) is 5.32 Å². The first-order valence-corrected chi connectivity index (χ1v) is 8.98. The molecule has 6 nitrogen and oxygen atoms in total. The number of hydrogen-bond donors (Lipinski definition) is 2. The van der Waals surface area contributed by atoms with Gasteiger partial charge in [-0.2, -0.15) is 11.8 Å². The molecule has 1 atom stereocenters. The Morgan fingerprint density at radius 2 is 2.00 bits per heavy atom. The van der Waals surface area contributed by atoms with Crippen molar-refractivity contribution in [3.05, 3.63) is 24.3 Å². The maximum absolute atomic E-state index is 12.3. The molecule has 0 spiro atoms. The van der Waals surface area contributed by atoms with Gasteiger partial charge < -0.3 is 20.3 Å². The van der Waals surface area contributed by atoms with Crippen LogP contribution in [0.1, 0.15) is 6.42 Å². The minimum Gasteiger partial charge on any atom is -0.378 e. The molecule has 0 bridgehead atoms. The minimum absolute atomic E-state index is 0.0576. The van der Waals surface area contributed by atoms with E-state index in [-0.39, 0.29) is 11.8 Å². The van der Waals surface area contributed by atoms with Gasteiger partial charge in [-0.3, -0.25) is 9.59 Å². The van der Waals surface area contributed by atoms with E-state index in [1.807, 2.05) is 24.3 Å². The molecular weight excluding hydrogens is 314 g/mol. The molecule has 0 unspecified atom stereocenters. The van der Waals surface area contributed by atoms with Gasteiger partial charge in [0.25, 0.3) is 0 Å². The Bertz CT molecular complexity index is 558. The van der Waals surface area contributed by atoms with Gasteiger partial charge in [0.1, 0.15) is 6.04 Å². The second-order valence-corrected chi connectivity index (χ2v) is 6.73. The number of ether oxygens (including phenoxy) is 1. The number of rotatable bonds is 3. The summed E-state index contributed by atoms with van der Waals surface area (Å²) in [6.45, 7) is 3.27. The lowest BCUT2D eigenvalue weighted by Gasteiger charge is -2.29. The fourth-order valence-electron chi connectivity index (χ4n) is 2.62. The molecule has 1 aromatic carbocycles. The summed E-state index contributed by atoms with van der Waals surface area (Å²) in [7, 11) is 0. The zero-order valence-corrected chi connectivity index (χ0v) is 13.7. The third-order valence-corrected chi connectivity index (χ3v) is 4.98. The number of hydrogen-bond acceptors (Lipinski definition) is 5. The number of nitrogens with one attached hydrogen (secondary N) is 2. The van der Waals surface area contributed by atoms with Crippen LogP contribution in [-0.2, 0) is 14.3 Å². The molecule has 0 aliphatic carbocycles. The van der Waals surface area contributed by atoms with Crippen LogP contribution in [-0.4, -0.2) is 55.7 Å². The van der Waals surface area contributed by atoms with Crippen LogP contribution in [0.2, 0.25) is 0 Å². The lowest BCUT2D eigenvalue weighted by Crippen LogP contribution is -2.44. The summed E-state index contributed by atoms with van der Waals surface area (Å²) in [5.74, 6) is 1.16. The highest BCUT2D eigenvalue weighted by molar-refractivity contribution is 7.99. The van der Waals surface area contributed by atoms with Crippen LogP contribution in [0.5, 0.6) is 0 Å². The molecule has 2 aliphatic heterocycles. The highest BCUT2D eigenvalue weighted by atomic mass is 32.2. The first-order chi connectivity index (χ1) is 11.2. The van der Waals surface area contributed by atoms with E-state index in [1.165, 1.54) is 0 Å². The van der Waals surface area contributed by atoms with E-state index in [2.05, 4.69) is 15.5 Å². The number of nitrogens with zero attached hydrogens (tertiary/aromatic N) is 1. The number of thioether (sulfide) groups is 1. The number of benzene rings is 1. The van der Waals surface area contributed by atoms with Crippen LogP contribution >= 0.6 is 11.8 Å². The van der Waals surface area contributed by atoms with E-state index >= 15 is 0 Å². The molecule has 2 heterocycles. The standard InChI is InChI=1S/C16H21N3O3S/c20-15-5-10-23-11-14(18-15)16(21)17-12-1-3-13(4-2-12)19-6-8-22-9-7-19/h1-4,14H,5-11H2,(H,17,21)(H,18,20)/t14-/m0/s1. The SMILES string of the molecule is O=C1CCSC[C@@H](C(=O)Nc2ccc(N3CCOCC3)cc2)N1. The Morgan fingerprint density at radius 3 is 2.74 bits per heavy atom. The first kappa shape index (κ1) is 16.1. The number of carbonyl (C=O) groups is 2. The van der Waals surface area contributed by atoms with Gasteiger partial charge in [0.05, 0.1) is 13.2 Å². The molecule has 2 saturated heterocycles. The van der Waals surface area contributed by atoms with Gasteiger partial charge in [-0.25, -0.2) is 0 Å². The normalized spacial score (nSPS) is 22.2. The van der Waals surface area contributed by atoms with Gasteiger partial charge >= 0.3 is 0 Å². The Morgan fingerprint density at radius 1 is 1.26 bits per heavy atom. The number of carbonyl (C=O) groups excluding carboxylic acids is 2. The number of anilines is 2. The van der Waals surface area contributed by atoms with Crippen LogP contribution in [0, 0.1) is 0 Å². The van der Waals surface area contributed by atoms with E-state index in [1.54, 1.807) is 11.8 Å². The molecule has 2 N–H and O–H groups in total. The third kappa shape index (κ3) is 4.39. The highest BCUT2D eigenvalue weighted by Crippen LogP contribution is 2.19. The topological polar surface area (TPSA) is 70.7 Å². The number of amides is 2. The molecule has 124 valence electrons. The Balaban J connectivity index is 1.58. The van der Waals surface area contributed by atoms with Crippen molar-refractivity contribution in [1.29, 1.82) is 0 Å². The van der Waals surface area contributed by atoms with Crippen molar-refractivity contribution in [2.45, 2.75) is 12.5 Å². The molecular formula is C16H21N3O3S. The summed E-state index contributed by atoms with van der Waals surface area (Å²) >= 11 is 1.63. The van der Waals surface area contributed by atoms with Crippen molar-refractivity contribution < 1.29 is 14.3 Å². The van der Waals surface area contributed by atoms with Crippen molar-refractivity contribution in [3.63, 3.8) is 0 Å². The van der Waals surface area contributed by atoms with E-state index in [4.69, 9.17) is 4.74 Å². The van der Waals surface area contributed by atoms with Gasteiger partial charge in [0, 0.05) is 42.4 Å². The summed E-state index contributed by atoms with van der Waals surface area (Å²) in [6.07, 6.45) is 0.475. The molecule has 0 saturated carbocycles. The summed E-state index contributed by atoms with van der Waals surface area (Å²) in [5.41, 5.74) is 1.88. The van der Waals surface area contributed by atoms with Crippen molar-refractivity contribution in [2.24, 2.45) is 0 Å². The molecule has 2 fully saturated rings. The van der Waals surface area contributed by atoms with Crippen LogP contribution in [0.25, 0.3) is 0 Å². The average molecular weight is 335 g/mol. The molecule has 3 rings (SSSR count). The third-order valence-electron chi connectivity index (χ3n) is 3.92. The molecule has 2 amide bonds. The second-order valence-electron chi connectivity index (χ2n) is 5.58. The first-order valence-electron chi connectivity index (χ1n) is 7.83. The van der Waals surface area contributed by atoms with Gasteiger partial charge in [-0.15, -0.1) is 0 Å². The zero-order chi connectivity index (χ0) is 16.1. The Hall–Kier alpha value is -1.73. The monoisotopic (exact) mass is 335 g/mol. The van der Waals surface area contributed by atoms with E-state index in [0.29, 0.717) is 12.2 Å². The van der Waals surface area contributed by atoms with Gasteiger partial charge in [-0.05, 0) is 24.3 Å². The molecule has 2 aliphatic rings. The van der Waals surface area contributed by atoms with Gasteiger partial charge in [-0.1, -0.05) is 0 Å². The molecule has 1 aromatic rings. The lowest BCUT2D eigenvalue weighted by molar-refractivity contribution is -0.125.